The van der Waals surface area contributed by atoms with Crippen LogP contribution >= 0.6 is 23.4 Å². The zero-order valence-electron chi connectivity index (χ0n) is 21.9. The number of anilines is 1. The molecule has 2 aliphatic heterocycles. The fourth-order valence-electron chi connectivity index (χ4n) is 4.67. The quantitative estimate of drug-likeness (QED) is 0.448. The predicted octanol–water partition coefficient (Wildman–Crippen LogP) is 5.25. The number of ether oxygens (including phenoxy) is 2. The highest BCUT2D eigenvalue weighted by Gasteiger charge is 2.40. The number of fused-ring (bicyclic) bond motifs is 2. The number of halogens is 1. The molecule has 1 atom stereocenters. The predicted molar refractivity (Wildman–Crippen MR) is 150 cm³/mol. The normalized spacial score (nSPS) is 16.8. The number of nitrogens with one attached hydrogen (secondary N) is 1. The summed E-state index contributed by atoms with van der Waals surface area (Å²) in [6.07, 6.45) is 0.804. The molecule has 0 fully saturated rings. The maximum absolute atomic E-state index is 13.7. The van der Waals surface area contributed by atoms with Gasteiger partial charge < -0.3 is 14.8 Å². The van der Waals surface area contributed by atoms with Crippen molar-refractivity contribution in [3.63, 3.8) is 0 Å². The van der Waals surface area contributed by atoms with Gasteiger partial charge in [-0.2, -0.15) is 5.10 Å². The van der Waals surface area contributed by atoms with E-state index < -0.39 is 0 Å². The van der Waals surface area contributed by atoms with Gasteiger partial charge in [-0.25, -0.2) is 4.68 Å². The summed E-state index contributed by atoms with van der Waals surface area (Å²) in [4.78, 5) is 28.2. The number of rotatable bonds is 6. The van der Waals surface area contributed by atoms with Gasteiger partial charge in [0.25, 0.3) is 0 Å². The first-order valence-electron chi connectivity index (χ1n) is 12.7. The molecule has 1 N–H and O–H groups in total. The van der Waals surface area contributed by atoms with E-state index in [2.05, 4.69) is 26.1 Å². The van der Waals surface area contributed by atoms with Crippen molar-refractivity contribution >= 4 is 41.0 Å². The number of carbonyl (C=O) groups is 2. The Hall–Kier alpha value is -3.17. The largest absolute Gasteiger partial charge is 0.454 e. The molecule has 2 aromatic carbocycles. The minimum Gasteiger partial charge on any atom is -0.454 e. The fraction of sp³-hybridized carbons (Fsp3) is 0.393. The SMILES string of the molecule is CCCNC(=O)CN1C(=O)CS[C@@H](c2ccc3c(c2)OCO3)c2c(C(C)(C)C)nn(-c3ccccc3Cl)c21. The summed E-state index contributed by atoms with van der Waals surface area (Å²) in [5.74, 6) is 1.74. The summed E-state index contributed by atoms with van der Waals surface area (Å²) >= 11 is 8.18. The number of amides is 2. The molecule has 8 nitrogen and oxygen atoms in total. The summed E-state index contributed by atoms with van der Waals surface area (Å²) in [5.41, 5.74) is 2.96. The Labute approximate surface area is 231 Å². The minimum atomic E-state index is -0.366. The van der Waals surface area contributed by atoms with Crippen molar-refractivity contribution in [1.82, 2.24) is 15.1 Å². The average molecular weight is 555 g/mol. The molecular weight excluding hydrogens is 524 g/mol. The van der Waals surface area contributed by atoms with Crippen LogP contribution in [-0.4, -0.2) is 47.2 Å². The lowest BCUT2D eigenvalue weighted by molar-refractivity contribution is -0.122. The number of thioether (sulfide) groups is 1. The van der Waals surface area contributed by atoms with Gasteiger partial charge in [0.15, 0.2) is 11.5 Å². The van der Waals surface area contributed by atoms with E-state index in [1.54, 1.807) is 15.6 Å². The number of nitrogens with zero attached hydrogens (tertiary/aromatic N) is 3. The first kappa shape index (κ1) is 26.4. The maximum atomic E-state index is 13.7. The Kier molecular flexibility index (Phi) is 7.33. The van der Waals surface area contributed by atoms with Crippen LogP contribution in [0.2, 0.25) is 5.02 Å². The van der Waals surface area contributed by atoms with Crippen LogP contribution in [0.3, 0.4) is 0 Å². The third-order valence-corrected chi connectivity index (χ3v) is 8.03. The number of benzene rings is 2. The Morgan fingerprint density at radius 3 is 2.68 bits per heavy atom. The van der Waals surface area contributed by atoms with Gasteiger partial charge in [0.05, 0.1) is 27.4 Å². The lowest BCUT2D eigenvalue weighted by Crippen LogP contribution is -2.42. The molecule has 5 rings (SSSR count). The van der Waals surface area contributed by atoms with E-state index in [4.69, 9.17) is 26.2 Å². The second-order valence-corrected chi connectivity index (χ2v) is 11.8. The Morgan fingerprint density at radius 1 is 1.18 bits per heavy atom. The summed E-state index contributed by atoms with van der Waals surface area (Å²) in [7, 11) is 0. The van der Waals surface area contributed by atoms with E-state index in [1.165, 1.54) is 11.8 Å². The highest BCUT2D eigenvalue weighted by atomic mass is 35.5. The molecule has 0 spiro atoms. The lowest BCUT2D eigenvalue weighted by Gasteiger charge is -2.24. The highest BCUT2D eigenvalue weighted by molar-refractivity contribution is 8.00. The highest BCUT2D eigenvalue weighted by Crippen LogP contribution is 2.50. The van der Waals surface area contributed by atoms with Crippen LogP contribution in [0.4, 0.5) is 5.82 Å². The third-order valence-electron chi connectivity index (χ3n) is 6.45. The van der Waals surface area contributed by atoms with Crippen LogP contribution in [0.25, 0.3) is 5.69 Å². The molecule has 10 heteroatoms. The van der Waals surface area contributed by atoms with Gasteiger partial charge in [0.1, 0.15) is 12.4 Å². The van der Waals surface area contributed by atoms with Gasteiger partial charge in [-0.1, -0.05) is 57.5 Å². The van der Waals surface area contributed by atoms with Crippen molar-refractivity contribution in [3.05, 3.63) is 64.3 Å². The van der Waals surface area contributed by atoms with E-state index in [1.807, 2.05) is 43.3 Å². The van der Waals surface area contributed by atoms with Gasteiger partial charge in [0, 0.05) is 17.5 Å². The summed E-state index contributed by atoms with van der Waals surface area (Å²) in [6.45, 7) is 8.89. The Morgan fingerprint density at radius 2 is 1.95 bits per heavy atom. The van der Waals surface area contributed by atoms with Gasteiger partial charge in [-0.05, 0) is 36.2 Å². The van der Waals surface area contributed by atoms with E-state index in [-0.39, 0.29) is 41.6 Å². The van der Waals surface area contributed by atoms with Crippen molar-refractivity contribution < 1.29 is 19.1 Å². The van der Waals surface area contributed by atoms with Crippen LogP contribution < -0.4 is 19.7 Å². The van der Waals surface area contributed by atoms with Crippen LogP contribution in [0, 0.1) is 0 Å². The summed E-state index contributed by atoms with van der Waals surface area (Å²) < 4.78 is 12.9. The fourth-order valence-corrected chi connectivity index (χ4v) is 6.07. The van der Waals surface area contributed by atoms with Crippen molar-refractivity contribution in [2.24, 2.45) is 0 Å². The smallest absolute Gasteiger partial charge is 0.240 e. The Balaban J connectivity index is 1.76. The summed E-state index contributed by atoms with van der Waals surface area (Å²) in [6, 6.07) is 13.3. The van der Waals surface area contributed by atoms with Crippen molar-refractivity contribution in [1.29, 1.82) is 0 Å². The van der Waals surface area contributed by atoms with Crippen molar-refractivity contribution in [2.45, 2.75) is 44.8 Å². The zero-order chi connectivity index (χ0) is 27.0. The Bertz CT molecular complexity index is 1380. The van der Waals surface area contributed by atoms with E-state index >= 15 is 0 Å². The molecule has 0 aliphatic carbocycles. The molecular formula is C28H31ClN4O4S. The average Bonchev–Trinajstić information content (AvgIpc) is 3.48. The van der Waals surface area contributed by atoms with Crippen molar-refractivity contribution in [2.75, 3.05) is 30.5 Å². The summed E-state index contributed by atoms with van der Waals surface area (Å²) in [5, 5.41) is 8.24. The van der Waals surface area contributed by atoms with Crippen LogP contribution in [0.15, 0.2) is 42.5 Å². The molecule has 0 radical (unpaired) electrons. The molecule has 3 heterocycles. The standard InChI is InChI=1S/C28H31ClN4O4S/c1-5-12-30-22(34)14-32-23(35)15-38-25(17-10-11-20-21(13-17)37-16-36-20)24-26(28(2,3)4)31-33(27(24)32)19-9-7-6-8-18(19)29/h6-11,13,25H,5,12,14-16H2,1-4H3,(H,30,34)/t25-/m0/s1. The number of hydrogen-bond acceptors (Lipinski definition) is 6. The molecule has 38 heavy (non-hydrogen) atoms. The number of aromatic nitrogens is 2. The number of carbonyl (C=O) groups excluding carboxylic acids is 2. The lowest BCUT2D eigenvalue weighted by atomic mass is 9.87. The molecule has 2 amide bonds. The monoisotopic (exact) mass is 554 g/mol. The number of para-hydroxylation sites is 1. The molecule has 2 aliphatic rings. The van der Waals surface area contributed by atoms with E-state index in [9.17, 15) is 9.59 Å². The van der Waals surface area contributed by atoms with Crippen LogP contribution in [-0.2, 0) is 15.0 Å². The van der Waals surface area contributed by atoms with Crippen LogP contribution in [0.5, 0.6) is 11.5 Å². The van der Waals surface area contributed by atoms with E-state index in [0.717, 1.165) is 23.2 Å². The molecule has 3 aromatic rings. The van der Waals surface area contributed by atoms with Gasteiger partial charge in [-0.3, -0.25) is 14.5 Å². The topological polar surface area (TPSA) is 85.7 Å². The second kappa shape index (κ2) is 10.5. The molecule has 0 saturated carbocycles. The molecule has 0 bridgehead atoms. The molecule has 0 unspecified atom stereocenters. The first-order valence-corrected chi connectivity index (χ1v) is 14.1. The molecule has 0 saturated heterocycles. The maximum Gasteiger partial charge on any atom is 0.240 e. The van der Waals surface area contributed by atoms with Crippen molar-refractivity contribution in [3.8, 4) is 17.2 Å². The van der Waals surface area contributed by atoms with E-state index in [0.29, 0.717) is 34.6 Å². The minimum absolute atomic E-state index is 0.111. The first-order chi connectivity index (χ1) is 18.2. The van der Waals surface area contributed by atoms with Gasteiger partial charge in [0.2, 0.25) is 18.6 Å². The molecule has 1 aromatic heterocycles. The number of hydrogen-bond donors (Lipinski definition) is 1. The molecule has 200 valence electrons. The van der Waals surface area contributed by atoms with Gasteiger partial charge >= 0.3 is 0 Å². The van der Waals surface area contributed by atoms with Gasteiger partial charge in [-0.15, -0.1) is 11.8 Å². The zero-order valence-corrected chi connectivity index (χ0v) is 23.5. The second-order valence-electron chi connectivity index (χ2n) is 10.3. The third kappa shape index (κ3) is 4.97. The van der Waals surface area contributed by atoms with Crippen LogP contribution in [0.1, 0.15) is 56.2 Å².